The fourth-order valence-electron chi connectivity index (χ4n) is 3.40. The van der Waals surface area contributed by atoms with Crippen molar-refractivity contribution in [1.29, 1.82) is 0 Å². The van der Waals surface area contributed by atoms with Gasteiger partial charge in [-0.15, -0.1) is 0 Å². The van der Waals surface area contributed by atoms with E-state index in [9.17, 15) is 13.2 Å². The van der Waals surface area contributed by atoms with E-state index in [2.05, 4.69) is 31.3 Å². The summed E-state index contributed by atoms with van der Waals surface area (Å²) in [5.41, 5.74) is 1.17. The highest BCUT2D eigenvalue weighted by Crippen LogP contribution is 2.23. The molecule has 0 aliphatic carbocycles. The normalized spacial score (nSPS) is 21.9. The Balaban J connectivity index is 2.04. The van der Waals surface area contributed by atoms with Crippen molar-refractivity contribution >= 4 is 15.7 Å². The number of benzene rings is 1. The summed E-state index contributed by atoms with van der Waals surface area (Å²) in [5, 5.41) is 3.45. The Morgan fingerprint density at radius 2 is 1.88 bits per heavy atom. The summed E-state index contributed by atoms with van der Waals surface area (Å²) in [6.07, 6.45) is 1.47. The lowest BCUT2D eigenvalue weighted by Gasteiger charge is -2.30. The molecule has 1 aliphatic rings. The molecule has 1 fully saturated rings. The summed E-state index contributed by atoms with van der Waals surface area (Å²) in [6.45, 7) is 6.19. The number of hydrogen-bond acceptors (Lipinski definition) is 4. The van der Waals surface area contributed by atoms with Gasteiger partial charge in [0.2, 0.25) is 5.91 Å². The molecule has 140 valence electrons. The van der Waals surface area contributed by atoms with Crippen LogP contribution in [0, 0.1) is 5.92 Å². The van der Waals surface area contributed by atoms with Crippen molar-refractivity contribution in [2.45, 2.75) is 51.7 Å². The van der Waals surface area contributed by atoms with Crippen LogP contribution in [0.3, 0.4) is 0 Å². The van der Waals surface area contributed by atoms with E-state index in [4.69, 9.17) is 0 Å². The van der Waals surface area contributed by atoms with Crippen molar-refractivity contribution in [3.63, 3.8) is 0 Å². The fraction of sp³-hybridized carbons (Fsp3) is 0.632. The zero-order valence-corrected chi connectivity index (χ0v) is 16.4. The van der Waals surface area contributed by atoms with Gasteiger partial charge < -0.3 is 4.90 Å². The molecule has 6 heteroatoms. The summed E-state index contributed by atoms with van der Waals surface area (Å²) < 4.78 is 23.3. The Labute approximate surface area is 151 Å². The first-order valence-corrected chi connectivity index (χ1v) is 10.8. The third kappa shape index (κ3) is 5.54. The maximum absolute atomic E-state index is 12.8. The Bertz CT molecular complexity index is 673. The van der Waals surface area contributed by atoms with E-state index in [1.54, 1.807) is 11.9 Å². The van der Waals surface area contributed by atoms with Crippen molar-refractivity contribution in [3.8, 4) is 0 Å². The molecule has 1 N–H and O–H groups in total. The first kappa shape index (κ1) is 19.9. The van der Waals surface area contributed by atoms with Gasteiger partial charge in [-0.1, -0.05) is 44.2 Å². The average Bonchev–Trinajstić information content (AvgIpc) is 2.93. The summed E-state index contributed by atoms with van der Waals surface area (Å²) in [5.74, 6) is 0.706. The number of carbonyl (C=O) groups is 1. The van der Waals surface area contributed by atoms with Gasteiger partial charge >= 0.3 is 0 Å². The number of hydrogen-bond donors (Lipinski definition) is 1. The number of likely N-dealkylation sites (N-methyl/N-ethyl adjacent to an activating group) is 1. The van der Waals surface area contributed by atoms with Gasteiger partial charge in [-0.05, 0) is 31.2 Å². The molecule has 0 radical (unpaired) electrons. The van der Waals surface area contributed by atoms with E-state index >= 15 is 0 Å². The highest BCUT2D eigenvalue weighted by molar-refractivity contribution is 7.91. The standard InChI is InChI=1S/C19H30N2O3S/c1-14(2)12-18(16-8-6-5-7-9-16)20-15(3)19(22)21(4)17-10-11-25(23,24)13-17/h5-9,14-15,17-18,20H,10-13H2,1-4H3. The van der Waals surface area contributed by atoms with Crippen LogP contribution in [0.5, 0.6) is 0 Å². The van der Waals surface area contributed by atoms with Crippen LogP contribution in [-0.4, -0.2) is 49.9 Å². The molecule has 0 saturated carbocycles. The number of nitrogens with one attached hydrogen (secondary N) is 1. The molecule has 0 bridgehead atoms. The van der Waals surface area contributed by atoms with Crippen LogP contribution in [0.4, 0.5) is 0 Å². The molecule has 1 amide bonds. The van der Waals surface area contributed by atoms with E-state index in [1.807, 2.05) is 25.1 Å². The molecule has 1 heterocycles. The van der Waals surface area contributed by atoms with Crippen molar-refractivity contribution in [3.05, 3.63) is 35.9 Å². The molecule has 3 unspecified atom stereocenters. The van der Waals surface area contributed by atoms with Crippen LogP contribution < -0.4 is 5.32 Å². The van der Waals surface area contributed by atoms with Crippen LogP contribution >= 0.6 is 0 Å². The predicted octanol–water partition coefficient (Wildman–Crippen LogP) is 2.40. The third-order valence-electron chi connectivity index (χ3n) is 4.83. The van der Waals surface area contributed by atoms with E-state index in [1.165, 1.54) is 5.56 Å². The lowest BCUT2D eigenvalue weighted by molar-refractivity contribution is -0.133. The summed E-state index contributed by atoms with van der Waals surface area (Å²) in [4.78, 5) is 14.4. The molecule has 25 heavy (non-hydrogen) atoms. The summed E-state index contributed by atoms with van der Waals surface area (Å²) >= 11 is 0. The minimum absolute atomic E-state index is 0.0493. The van der Waals surface area contributed by atoms with E-state index in [0.29, 0.717) is 12.3 Å². The quantitative estimate of drug-likeness (QED) is 0.805. The second-order valence-electron chi connectivity index (χ2n) is 7.49. The molecular weight excluding hydrogens is 336 g/mol. The Morgan fingerprint density at radius 3 is 2.40 bits per heavy atom. The lowest BCUT2D eigenvalue weighted by atomic mass is 9.96. The molecule has 0 spiro atoms. The molecule has 5 nitrogen and oxygen atoms in total. The van der Waals surface area contributed by atoms with E-state index in [0.717, 1.165) is 6.42 Å². The first-order chi connectivity index (χ1) is 11.7. The lowest BCUT2D eigenvalue weighted by Crippen LogP contribution is -2.48. The molecule has 1 saturated heterocycles. The fourth-order valence-corrected chi connectivity index (χ4v) is 5.17. The smallest absolute Gasteiger partial charge is 0.239 e. The highest BCUT2D eigenvalue weighted by atomic mass is 32.2. The van der Waals surface area contributed by atoms with E-state index in [-0.39, 0.29) is 35.5 Å². The van der Waals surface area contributed by atoms with E-state index < -0.39 is 9.84 Å². The Morgan fingerprint density at radius 1 is 1.24 bits per heavy atom. The molecule has 1 aromatic rings. The van der Waals surface area contributed by atoms with Crippen molar-refractivity contribution in [2.24, 2.45) is 5.92 Å². The minimum Gasteiger partial charge on any atom is -0.340 e. The van der Waals surface area contributed by atoms with Crippen LogP contribution in [-0.2, 0) is 14.6 Å². The number of amides is 1. The zero-order valence-electron chi connectivity index (χ0n) is 15.6. The average molecular weight is 367 g/mol. The molecule has 1 aliphatic heterocycles. The topological polar surface area (TPSA) is 66.5 Å². The zero-order chi connectivity index (χ0) is 18.6. The molecule has 3 atom stereocenters. The monoisotopic (exact) mass is 366 g/mol. The van der Waals surface area contributed by atoms with Gasteiger partial charge in [0.15, 0.2) is 9.84 Å². The van der Waals surface area contributed by atoms with Crippen LogP contribution in [0.25, 0.3) is 0 Å². The SMILES string of the molecule is CC(C)CC(NC(C)C(=O)N(C)C1CCS(=O)(=O)C1)c1ccccc1. The molecular formula is C19H30N2O3S. The van der Waals surface area contributed by atoms with Gasteiger partial charge in [-0.3, -0.25) is 10.1 Å². The van der Waals surface area contributed by atoms with Crippen LogP contribution in [0.1, 0.15) is 45.2 Å². The van der Waals surface area contributed by atoms with Crippen LogP contribution in [0.2, 0.25) is 0 Å². The van der Waals surface area contributed by atoms with Crippen LogP contribution in [0.15, 0.2) is 30.3 Å². The first-order valence-electron chi connectivity index (χ1n) is 8.97. The summed E-state index contributed by atoms with van der Waals surface area (Å²) in [6, 6.07) is 9.67. The number of sulfone groups is 1. The largest absolute Gasteiger partial charge is 0.340 e. The minimum atomic E-state index is -3.00. The van der Waals surface area contributed by atoms with Crippen molar-refractivity contribution < 1.29 is 13.2 Å². The molecule has 1 aromatic carbocycles. The van der Waals surface area contributed by atoms with Gasteiger partial charge in [0.05, 0.1) is 17.5 Å². The van der Waals surface area contributed by atoms with Gasteiger partial charge in [-0.25, -0.2) is 8.42 Å². The van der Waals surface area contributed by atoms with Gasteiger partial charge in [0.1, 0.15) is 0 Å². The van der Waals surface area contributed by atoms with Gasteiger partial charge in [0.25, 0.3) is 0 Å². The Hall–Kier alpha value is -1.40. The third-order valence-corrected chi connectivity index (χ3v) is 6.58. The second-order valence-corrected chi connectivity index (χ2v) is 9.72. The van der Waals surface area contributed by atoms with Crippen molar-refractivity contribution in [1.82, 2.24) is 10.2 Å². The number of carbonyl (C=O) groups excluding carboxylic acids is 1. The van der Waals surface area contributed by atoms with Gasteiger partial charge in [0, 0.05) is 19.1 Å². The Kier molecular flexibility index (Phi) is 6.63. The number of rotatable bonds is 7. The second kappa shape index (κ2) is 8.32. The molecule has 0 aromatic heterocycles. The predicted molar refractivity (Wildman–Crippen MR) is 101 cm³/mol. The maximum atomic E-state index is 12.8. The molecule has 2 rings (SSSR count). The van der Waals surface area contributed by atoms with Gasteiger partial charge in [-0.2, -0.15) is 0 Å². The maximum Gasteiger partial charge on any atom is 0.239 e. The number of nitrogens with zero attached hydrogens (tertiary/aromatic N) is 1. The highest BCUT2D eigenvalue weighted by Gasteiger charge is 2.34. The summed E-state index contributed by atoms with van der Waals surface area (Å²) in [7, 11) is -1.28. The van der Waals surface area contributed by atoms with Crippen molar-refractivity contribution in [2.75, 3.05) is 18.6 Å².